The van der Waals surface area contributed by atoms with Crippen molar-refractivity contribution in [1.29, 1.82) is 0 Å². The molecule has 0 radical (unpaired) electrons. The van der Waals surface area contributed by atoms with Gasteiger partial charge < -0.3 is 14.4 Å². The molecule has 0 bridgehead atoms. The Morgan fingerprint density at radius 1 is 1.38 bits per heavy atom. The molecule has 2 fully saturated rings. The van der Waals surface area contributed by atoms with Gasteiger partial charge in [-0.3, -0.25) is 4.79 Å². The van der Waals surface area contributed by atoms with E-state index in [4.69, 9.17) is 9.47 Å². The predicted molar refractivity (Wildman–Crippen MR) is 83.1 cm³/mol. The zero-order valence-electron chi connectivity index (χ0n) is 12.6. The van der Waals surface area contributed by atoms with Crippen molar-refractivity contribution in [3.8, 4) is 0 Å². The van der Waals surface area contributed by atoms with E-state index in [0.717, 1.165) is 11.3 Å². The van der Waals surface area contributed by atoms with Crippen LogP contribution in [0.1, 0.15) is 25.5 Å². The lowest BCUT2D eigenvalue weighted by Crippen LogP contribution is -2.50. The molecule has 1 aromatic carbocycles. The molecule has 5 heteroatoms. The molecule has 0 N–H and O–H groups in total. The molecular formula is C16H21NO3S. The van der Waals surface area contributed by atoms with Crippen LogP contribution in [0.3, 0.4) is 0 Å². The normalized spacial score (nSPS) is 30.4. The predicted octanol–water partition coefficient (Wildman–Crippen LogP) is 2.45. The van der Waals surface area contributed by atoms with Gasteiger partial charge in [-0.05, 0) is 25.7 Å². The maximum absolute atomic E-state index is 12.8. The first-order valence-corrected chi connectivity index (χ1v) is 8.60. The molecule has 1 aromatic rings. The largest absolute Gasteiger partial charge is 0.354 e. The highest BCUT2D eigenvalue weighted by Gasteiger charge is 2.54. The minimum Gasteiger partial charge on any atom is -0.354 e. The van der Waals surface area contributed by atoms with Crippen LogP contribution < -0.4 is 0 Å². The van der Waals surface area contributed by atoms with Gasteiger partial charge in [0, 0.05) is 5.75 Å². The zero-order valence-corrected chi connectivity index (χ0v) is 13.4. The fourth-order valence-electron chi connectivity index (χ4n) is 2.98. The highest BCUT2D eigenvalue weighted by Crippen LogP contribution is 2.42. The molecule has 114 valence electrons. The Labute approximate surface area is 129 Å². The Balaban J connectivity index is 1.73. The van der Waals surface area contributed by atoms with Crippen molar-refractivity contribution in [2.75, 3.05) is 18.6 Å². The summed E-state index contributed by atoms with van der Waals surface area (Å²) in [6, 6.07) is 10.0. The Morgan fingerprint density at radius 3 is 2.76 bits per heavy atom. The summed E-state index contributed by atoms with van der Waals surface area (Å²) in [5, 5.41) is 0. The number of rotatable bonds is 4. The fourth-order valence-corrected chi connectivity index (χ4v) is 3.61. The zero-order chi connectivity index (χ0) is 15.0. The van der Waals surface area contributed by atoms with Crippen molar-refractivity contribution in [2.24, 2.45) is 0 Å². The van der Waals surface area contributed by atoms with Crippen LogP contribution in [0.15, 0.2) is 30.3 Å². The highest BCUT2D eigenvalue weighted by molar-refractivity contribution is 7.98. The number of hydrogen-bond donors (Lipinski definition) is 0. The van der Waals surface area contributed by atoms with Crippen molar-refractivity contribution in [1.82, 2.24) is 4.90 Å². The SMILES string of the molecule is CSC[C@H]1COC(C)(C)N1C(=O)[C@H]1O[C@@H]1c1ccccc1. The molecule has 0 unspecified atom stereocenters. The lowest BCUT2D eigenvalue weighted by Gasteiger charge is -2.33. The third-order valence-electron chi connectivity index (χ3n) is 4.03. The van der Waals surface area contributed by atoms with E-state index >= 15 is 0 Å². The number of epoxide rings is 1. The van der Waals surface area contributed by atoms with Crippen molar-refractivity contribution >= 4 is 17.7 Å². The highest BCUT2D eigenvalue weighted by atomic mass is 32.2. The van der Waals surface area contributed by atoms with Crippen molar-refractivity contribution in [3.63, 3.8) is 0 Å². The Hall–Kier alpha value is -1.04. The standard InChI is InChI=1S/C16H21NO3S/c1-16(2)17(12(9-19-16)10-21-3)15(18)14-13(20-14)11-7-5-4-6-8-11/h4-8,12-14H,9-10H2,1-3H3/t12-,13-,14+/m1/s1. The quantitative estimate of drug-likeness (QED) is 0.801. The summed E-state index contributed by atoms with van der Waals surface area (Å²) in [6.45, 7) is 4.50. The van der Waals surface area contributed by atoms with Gasteiger partial charge in [-0.25, -0.2) is 0 Å². The van der Waals surface area contributed by atoms with Crippen LogP contribution in [0.25, 0.3) is 0 Å². The summed E-state index contributed by atoms with van der Waals surface area (Å²) in [6.07, 6.45) is 1.58. The number of carbonyl (C=O) groups excluding carboxylic acids is 1. The van der Waals surface area contributed by atoms with Crippen LogP contribution in [-0.2, 0) is 14.3 Å². The number of thioether (sulfide) groups is 1. The van der Waals surface area contributed by atoms with Crippen LogP contribution in [0.5, 0.6) is 0 Å². The molecule has 3 rings (SSSR count). The molecule has 2 aliphatic heterocycles. The maximum Gasteiger partial charge on any atom is 0.257 e. The number of nitrogens with zero attached hydrogens (tertiary/aromatic N) is 1. The van der Waals surface area contributed by atoms with E-state index in [1.54, 1.807) is 11.8 Å². The first-order chi connectivity index (χ1) is 10.0. The summed E-state index contributed by atoms with van der Waals surface area (Å²) in [7, 11) is 0. The minimum atomic E-state index is -0.551. The van der Waals surface area contributed by atoms with Crippen LogP contribution in [0, 0.1) is 0 Å². The van der Waals surface area contributed by atoms with Gasteiger partial charge in [-0.2, -0.15) is 11.8 Å². The first-order valence-electron chi connectivity index (χ1n) is 7.21. The van der Waals surface area contributed by atoms with Gasteiger partial charge in [-0.1, -0.05) is 30.3 Å². The molecule has 3 atom stereocenters. The Bertz CT molecular complexity index is 520. The molecule has 0 spiro atoms. The third kappa shape index (κ3) is 2.82. The van der Waals surface area contributed by atoms with Gasteiger partial charge in [0.2, 0.25) is 0 Å². The number of ether oxygens (including phenoxy) is 2. The van der Waals surface area contributed by atoms with Gasteiger partial charge >= 0.3 is 0 Å². The topological polar surface area (TPSA) is 42.1 Å². The summed E-state index contributed by atoms with van der Waals surface area (Å²) >= 11 is 1.74. The number of carbonyl (C=O) groups is 1. The molecule has 1 amide bonds. The molecule has 0 saturated carbocycles. The van der Waals surface area contributed by atoms with Gasteiger partial charge in [0.1, 0.15) is 11.8 Å². The van der Waals surface area contributed by atoms with Crippen molar-refractivity contribution in [2.45, 2.75) is 37.8 Å². The second-order valence-corrected chi connectivity index (χ2v) is 6.87. The van der Waals surface area contributed by atoms with Crippen LogP contribution in [0.2, 0.25) is 0 Å². The van der Waals surface area contributed by atoms with Gasteiger partial charge in [0.15, 0.2) is 6.10 Å². The lowest BCUT2D eigenvalue weighted by molar-refractivity contribution is -0.147. The molecule has 2 aliphatic rings. The lowest BCUT2D eigenvalue weighted by atomic mass is 10.1. The summed E-state index contributed by atoms with van der Waals surface area (Å²) in [5.74, 6) is 0.933. The molecule has 0 aromatic heterocycles. The average molecular weight is 307 g/mol. The number of benzene rings is 1. The molecule has 21 heavy (non-hydrogen) atoms. The molecule has 0 aliphatic carbocycles. The van der Waals surface area contributed by atoms with Crippen LogP contribution >= 0.6 is 11.8 Å². The van der Waals surface area contributed by atoms with Gasteiger partial charge in [-0.15, -0.1) is 0 Å². The Morgan fingerprint density at radius 2 is 2.10 bits per heavy atom. The van der Waals surface area contributed by atoms with Gasteiger partial charge in [0.25, 0.3) is 5.91 Å². The maximum atomic E-state index is 12.8. The van der Waals surface area contributed by atoms with Crippen molar-refractivity contribution < 1.29 is 14.3 Å². The van der Waals surface area contributed by atoms with Crippen LogP contribution in [-0.4, -0.2) is 47.3 Å². The molecular weight excluding hydrogens is 286 g/mol. The summed E-state index contributed by atoms with van der Waals surface area (Å²) in [5.41, 5.74) is 0.514. The van der Waals surface area contributed by atoms with E-state index in [9.17, 15) is 4.79 Å². The second-order valence-electron chi connectivity index (χ2n) is 5.96. The minimum absolute atomic E-state index is 0.0467. The average Bonchev–Trinajstić information content (AvgIpc) is 3.21. The number of amides is 1. The van der Waals surface area contributed by atoms with Crippen molar-refractivity contribution in [3.05, 3.63) is 35.9 Å². The Kier molecular flexibility index (Phi) is 3.99. The van der Waals surface area contributed by atoms with Crippen LogP contribution in [0.4, 0.5) is 0 Å². The third-order valence-corrected chi connectivity index (χ3v) is 4.75. The smallest absolute Gasteiger partial charge is 0.257 e. The summed E-state index contributed by atoms with van der Waals surface area (Å²) < 4.78 is 11.4. The molecule has 2 heterocycles. The molecule has 4 nitrogen and oxygen atoms in total. The van der Waals surface area contributed by atoms with E-state index in [2.05, 4.69) is 0 Å². The number of hydrogen-bond acceptors (Lipinski definition) is 4. The van der Waals surface area contributed by atoms with Gasteiger partial charge in [0.05, 0.1) is 12.6 Å². The van der Waals surface area contributed by atoms with E-state index in [-0.39, 0.29) is 24.2 Å². The summed E-state index contributed by atoms with van der Waals surface area (Å²) in [4.78, 5) is 14.7. The second kappa shape index (κ2) is 5.63. The first kappa shape index (κ1) is 14.9. The van der Waals surface area contributed by atoms with E-state index in [1.165, 1.54) is 0 Å². The van der Waals surface area contributed by atoms with E-state index in [1.807, 2.05) is 55.3 Å². The van der Waals surface area contributed by atoms with E-state index in [0.29, 0.717) is 6.61 Å². The van der Waals surface area contributed by atoms with E-state index < -0.39 is 5.72 Å². The monoisotopic (exact) mass is 307 g/mol. The molecule has 2 saturated heterocycles. The fraction of sp³-hybridized carbons (Fsp3) is 0.562.